The van der Waals surface area contributed by atoms with Crippen molar-refractivity contribution in [2.45, 2.75) is 39.8 Å². The quantitative estimate of drug-likeness (QED) is 0.718. The van der Waals surface area contributed by atoms with Crippen molar-refractivity contribution in [3.8, 4) is 0 Å². The van der Waals surface area contributed by atoms with Gasteiger partial charge in [-0.15, -0.1) is 0 Å². The molecule has 0 saturated carbocycles. The molecule has 106 valence electrons. The SMILES string of the molecule is CCSCCC(C)NCc1ccc(NC(C)=O)cc1. The van der Waals surface area contributed by atoms with E-state index in [0.717, 1.165) is 12.2 Å². The second-order valence-electron chi connectivity index (χ2n) is 4.65. The largest absolute Gasteiger partial charge is 0.326 e. The second kappa shape index (κ2) is 8.99. The summed E-state index contributed by atoms with van der Waals surface area (Å²) in [4.78, 5) is 10.9. The smallest absolute Gasteiger partial charge is 0.221 e. The van der Waals surface area contributed by atoms with Gasteiger partial charge in [-0.2, -0.15) is 11.8 Å². The Morgan fingerprint density at radius 3 is 2.58 bits per heavy atom. The average molecular weight is 280 g/mol. The Morgan fingerprint density at radius 1 is 1.32 bits per heavy atom. The first-order valence-corrected chi connectivity index (χ1v) is 7.95. The highest BCUT2D eigenvalue weighted by Crippen LogP contribution is 2.10. The van der Waals surface area contributed by atoms with Crippen molar-refractivity contribution in [2.75, 3.05) is 16.8 Å². The number of amides is 1. The van der Waals surface area contributed by atoms with E-state index in [1.165, 1.54) is 30.4 Å². The Bertz CT molecular complexity index is 378. The van der Waals surface area contributed by atoms with Crippen LogP contribution in [0.5, 0.6) is 0 Å². The van der Waals surface area contributed by atoms with Crippen LogP contribution in [-0.4, -0.2) is 23.5 Å². The van der Waals surface area contributed by atoms with E-state index in [-0.39, 0.29) is 5.91 Å². The summed E-state index contributed by atoms with van der Waals surface area (Å²) in [5.74, 6) is 2.37. The number of hydrogen-bond donors (Lipinski definition) is 2. The number of anilines is 1. The number of thioether (sulfide) groups is 1. The lowest BCUT2D eigenvalue weighted by atomic mass is 10.2. The molecule has 19 heavy (non-hydrogen) atoms. The first-order chi connectivity index (χ1) is 9.11. The van der Waals surface area contributed by atoms with E-state index >= 15 is 0 Å². The predicted octanol–water partition coefficient (Wildman–Crippen LogP) is 3.27. The van der Waals surface area contributed by atoms with Crippen LogP contribution in [-0.2, 0) is 11.3 Å². The predicted molar refractivity (Wildman–Crippen MR) is 84.7 cm³/mol. The number of benzene rings is 1. The van der Waals surface area contributed by atoms with Crippen molar-refractivity contribution in [3.63, 3.8) is 0 Å². The highest BCUT2D eigenvalue weighted by molar-refractivity contribution is 7.99. The second-order valence-corrected chi connectivity index (χ2v) is 6.04. The van der Waals surface area contributed by atoms with E-state index in [1.807, 2.05) is 36.0 Å². The molecule has 0 aliphatic rings. The molecule has 1 rings (SSSR count). The molecule has 3 nitrogen and oxygen atoms in total. The van der Waals surface area contributed by atoms with E-state index < -0.39 is 0 Å². The summed E-state index contributed by atoms with van der Waals surface area (Å²) < 4.78 is 0. The zero-order valence-electron chi connectivity index (χ0n) is 12.0. The van der Waals surface area contributed by atoms with Crippen LogP contribution in [0.4, 0.5) is 5.69 Å². The van der Waals surface area contributed by atoms with Crippen LogP contribution in [0.2, 0.25) is 0 Å². The zero-order chi connectivity index (χ0) is 14.1. The van der Waals surface area contributed by atoms with Gasteiger partial charge < -0.3 is 10.6 Å². The van der Waals surface area contributed by atoms with Gasteiger partial charge in [0.2, 0.25) is 5.91 Å². The molecule has 1 aromatic carbocycles. The lowest BCUT2D eigenvalue weighted by molar-refractivity contribution is -0.114. The van der Waals surface area contributed by atoms with Gasteiger partial charge in [-0.1, -0.05) is 19.1 Å². The Hall–Kier alpha value is -1.00. The lowest BCUT2D eigenvalue weighted by Gasteiger charge is -2.13. The van der Waals surface area contributed by atoms with Gasteiger partial charge in [0.05, 0.1) is 0 Å². The summed E-state index contributed by atoms with van der Waals surface area (Å²) >= 11 is 1.99. The number of carbonyl (C=O) groups excluding carboxylic acids is 1. The van der Waals surface area contributed by atoms with Crippen molar-refractivity contribution >= 4 is 23.4 Å². The summed E-state index contributed by atoms with van der Waals surface area (Å²) in [6, 6.07) is 8.51. The molecule has 4 heteroatoms. The van der Waals surface area contributed by atoms with Crippen LogP contribution in [0.15, 0.2) is 24.3 Å². The van der Waals surface area contributed by atoms with Crippen molar-refractivity contribution in [1.82, 2.24) is 5.32 Å². The average Bonchev–Trinajstić information content (AvgIpc) is 2.37. The molecule has 0 radical (unpaired) electrons. The van der Waals surface area contributed by atoms with Crippen molar-refractivity contribution in [1.29, 1.82) is 0 Å². The van der Waals surface area contributed by atoms with E-state index in [4.69, 9.17) is 0 Å². The highest BCUT2D eigenvalue weighted by Gasteiger charge is 2.02. The van der Waals surface area contributed by atoms with Gasteiger partial charge in [0.1, 0.15) is 0 Å². The van der Waals surface area contributed by atoms with Gasteiger partial charge in [0.15, 0.2) is 0 Å². The maximum atomic E-state index is 10.9. The topological polar surface area (TPSA) is 41.1 Å². The molecular formula is C15H24N2OS. The summed E-state index contributed by atoms with van der Waals surface area (Å²) in [5, 5.41) is 6.29. The zero-order valence-corrected chi connectivity index (χ0v) is 12.8. The van der Waals surface area contributed by atoms with Gasteiger partial charge in [0, 0.05) is 25.2 Å². The fraction of sp³-hybridized carbons (Fsp3) is 0.533. The molecule has 1 aromatic rings. The van der Waals surface area contributed by atoms with E-state index in [9.17, 15) is 4.79 Å². The molecule has 0 bridgehead atoms. The molecule has 2 N–H and O–H groups in total. The van der Waals surface area contributed by atoms with Crippen molar-refractivity contribution in [3.05, 3.63) is 29.8 Å². The summed E-state index contributed by atoms with van der Waals surface area (Å²) in [5.41, 5.74) is 2.09. The minimum atomic E-state index is -0.0343. The van der Waals surface area contributed by atoms with E-state index in [1.54, 1.807) is 0 Å². The van der Waals surface area contributed by atoms with Gasteiger partial charge in [-0.25, -0.2) is 0 Å². The molecule has 1 unspecified atom stereocenters. The van der Waals surface area contributed by atoms with E-state index in [2.05, 4.69) is 24.5 Å². The number of hydrogen-bond acceptors (Lipinski definition) is 3. The summed E-state index contributed by atoms with van der Waals surface area (Å²) in [6.45, 7) is 6.81. The van der Waals surface area contributed by atoms with Gasteiger partial charge in [-0.3, -0.25) is 4.79 Å². The normalized spacial score (nSPS) is 12.2. The molecular weight excluding hydrogens is 256 g/mol. The minimum Gasteiger partial charge on any atom is -0.326 e. The maximum absolute atomic E-state index is 10.9. The molecule has 0 heterocycles. The first kappa shape index (κ1) is 16.1. The standard InChI is InChI=1S/C15H24N2OS/c1-4-19-10-9-12(2)16-11-14-5-7-15(8-6-14)17-13(3)18/h5-8,12,16H,4,9-11H2,1-3H3,(H,17,18). The highest BCUT2D eigenvalue weighted by atomic mass is 32.2. The Balaban J connectivity index is 2.31. The van der Waals surface area contributed by atoms with Gasteiger partial charge in [-0.05, 0) is 42.5 Å². The van der Waals surface area contributed by atoms with E-state index in [0.29, 0.717) is 6.04 Å². The third-order valence-electron chi connectivity index (χ3n) is 2.83. The molecule has 0 saturated heterocycles. The summed E-state index contributed by atoms with van der Waals surface area (Å²) in [7, 11) is 0. The summed E-state index contributed by atoms with van der Waals surface area (Å²) in [6.07, 6.45) is 1.20. The maximum Gasteiger partial charge on any atom is 0.221 e. The molecule has 0 spiro atoms. The van der Waals surface area contributed by atoms with Crippen LogP contribution in [0.25, 0.3) is 0 Å². The molecule has 1 amide bonds. The van der Waals surface area contributed by atoms with Crippen molar-refractivity contribution < 1.29 is 4.79 Å². The Kier molecular flexibility index (Phi) is 7.60. The first-order valence-electron chi connectivity index (χ1n) is 6.79. The fourth-order valence-corrected chi connectivity index (χ4v) is 2.52. The monoisotopic (exact) mass is 280 g/mol. The number of nitrogens with one attached hydrogen (secondary N) is 2. The third-order valence-corrected chi connectivity index (χ3v) is 3.76. The Morgan fingerprint density at radius 2 is 2.00 bits per heavy atom. The molecule has 0 aliphatic heterocycles. The lowest BCUT2D eigenvalue weighted by Crippen LogP contribution is -2.26. The van der Waals surface area contributed by atoms with Crippen LogP contribution in [0, 0.1) is 0 Å². The fourth-order valence-electron chi connectivity index (χ4n) is 1.71. The van der Waals surface area contributed by atoms with Crippen LogP contribution >= 0.6 is 11.8 Å². The third kappa shape index (κ3) is 7.23. The molecule has 0 fully saturated rings. The molecule has 0 aromatic heterocycles. The van der Waals surface area contributed by atoms with Crippen LogP contribution in [0.3, 0.4) is 0 Å². The number of rotatable bonds is 8. The minimum absolute atomic E-state index is 0.0343. The Labute approximate surface area is 120 Å². The van der Waals surface area contributed by atoms with Crippen LogP contribution < -0.4 is 10.6 Å². The van der Waals surface area contributed by atoms with Gasteiger partial charge >= 0.3 is 0 Å². The van der Waals surface area contributed by atoms with Gasteiger partial charge in [0.25, 0.3) is 0 Å². The molecule has 0 aliphatic carbocycles. The van der Waals surface area contributed by atoms with Crippen LogP contribution in [0.1, 0.15) is 32.8 Å². The number of carbonyl (C=O) groups is 1. The molecule has 1 atom stereocenters. The van der Waals surface area contributed by atoms with Crippen molar-refractivity contribution in [2.24, 2.45) is 0 Å².